The highest BCUT2D eigenvalue weighted by molar-refractivity contribution is 7.85. The second-order valence-electron chi connectivity index (χ2n) is 12.6. The fraction of sp³-hybridized carbons (Fsp3) is 0.962. The van der Waals surface area contributed by atoms with Crippen LogP contribution in [-0.4, -0.2) is 53.6 Å². The van der Waals surface area contributed by atoms with Gasteiger partial charge in [0.2, 0.25) is 5.91 Å². The van der Waals surface area contributed by atoms with Crippen LogP contribution in [0.25, 0.3) is 0 Å². The molecule has 0 bridgehead atoms. The van der Waals surface area contributed by atoms with Gasteiger partial charge in [0, 0.05) is 13.0 Å². The third-order valence-electron chi connectivity index (χ3n) is 10.9. The van der Waals surface area contributed by atoms with Gasteiger partial charge in [-0.05, 0) is 104 Å². The summed E-state index contributed by atoms with van der Waals surface area (Å²) in [6.07, 6.45) is 8.87. The van der Waals surface area contributed by atoms with Crippen molar-refractivity contribution < 1.29 is 28.0 Å². The number of amides is 1. The van der Waals surface area contributed by atoms with Crippen LogP contribution in [0.4, 0.5) is 0 Å². The molecule has 1 amide bonds. The Kier molecular flexibility index (Phi) is 7.47. The van der Waals surface area contributed by atoms with E-state index in [0.717, 1.165) is 51.4 Å². The number of fused-ring (bicyclic) bond motifs is 5. The second kappa shape index (κ2) is 9.64. The van der Waals surface area contributed by atoms with Crippen LogP contribution >= 0.6 is 0 Å². The molecule has 4 rings (SSSR count). The average molecular weight is 500 g/mol. The third-order valence-corrected chi connectivity index (χ3v) is 11.6. The maximum Gasteiger partial charge on any atom is 0.266 e. The molecule has 34 heavy (non-hydrogen) atoms. The lowest BCUT2D eigenvalue weighted by molar-refractivity contribution is -0.174. The van der Waals surface area contributed by atoms with Gasteiger partial charge in [-0.2, -0.15) is 8.42 Å². The quantitative estimate of drug-likeness (QED) is 0.398. The Balaban J connectivity index is 1.39. The van der Waals surface area contributed by atoms with Gasteiger partial charge in [0.1, 0.15) is 0 Å². The first-order valence-corrected chi connectivity index (χ1v) is 15.0. The third kappa shape index (κ3) is 4.94. The Morgan fingerprint density at radius 2 is 1.71 bits per heavy atom. The van der Waals surface area contributed by atoms with Gasteiger partial charge >= 0.3 is 0 Å². The summed E-state index contributed by atoms with van der Waals surface area (Å²) in [4.78, 5) is 12.2. The van der Waals surface area contributed by atoms with Gasteiger partial charge in [0.25, 0.3) is 10.1 Å². The molecule has 10 atom stereocenters. The van der Waals surface area contributed by atoms with E-state index in [2.05, 4.69) is 26.1 Å². The maximum atomic E-state index is 12.2. The number of rotatable bonds is 7. The molecular formula is C26H45NO6S. The summed E-state index contributed by atoms with van der Waals surface area (Å²) in [6.45, 7) is 7.05. The highest BCUT2D eigenvalue weighted by Crippen LogP contribution is 2.68. The van der Waals surface area contributed by atoms with Gasteiger partial charge in [-0.1, -0.05) is 20.8 Å². The minimum atomic E-state index is -4.06. The van der Waals surface area contributed by atoms with Crippen molar-refractivity contribution in [2.45, 2.75) is 97.2 Å². The van der Waals surface area contributed by atoms with Crippen LogP contribution in [0.1, 0.15) is 85.0 Å². The number of hydrogen-bond donors (Lipinski definition) is 4. The fourth-order valence-electron chi connectivity index (χ4n) is 9.14. The molecule has 0 spiro atoms. The Bertz CT molecular complexity index is 863. The van der Waals surface area contributed by atoms with E-state index in [9.17, 15) is 23.4 Å². The van der Waals surface area contributed by atoms with Gasteiger partial charge < -0.3 is 15.5 Å². The highest BCUT2D eigenvalue weighted by atomic mass is 32.2. The van der Waals surface area contributed by atoms with Crippen LogP contribution in [0, 0.1) is 46.3 Å². The molecular weight excluding hydrogens is 454 g/mol. The zero-order valence-electron chi connectivity index (χ0n) is 21.1. The zero-order valence-corrected chi connectivity index (χ0v) is 21.9. The van der Waals surface area contributed by atoms with Gasteiger partial charge in [-0.3, -0.25) is 9.35 Å². The van der Waals surface area contributed by atoms with Crippen LogP contribution in [-0.2, 0) is 14.9 Å². The number of aliphatic hydroxyl groups is 2. The van der Waals surface area contributed by atoms with E-state index in [4.69, 9.17) is 4.55 Å². The number of aliphatic hydroxyl groups excluding tert-OH is 2. The first kappa shape index (κ1) is 26.4. The molecule has 0 radical (unpaired) electrons. The minimum absolute atomic E-state index is 0.0625. The Morgan fingerprint density at radius 3 is 2.41 bits per heavy atom. The van der Waals surface area contributed by atoms with Crippen LogP contribution in [0.3, 0.4) is 0 Å². The molecule has 196 valence electrons. The standard InChI is InChI=1S/C26H45NO6S/c1-16(4-7-23(30)27-12-13-34(31,32)33)19-5-6-20-24-21(9-11-26(19,20)3)25(2)10-8-18(28)14-17(25)15-22(24)29/h16-22,24,28-29H,4-15H2,1-3H3,(H,27,30)(H,31,32,33)/t16-,17+,18-,19?,20?,21?,22-,24?,25+,26-/m1/s1. The normalized spacial score (nSPS) is 45.1. The predicted octanol–water partition coefficient (Wildman–Crippen LogP) is 3.40. The maximum absolute atomic E-state index is 12.2. The summed E-state index contributed by atoms with van der Waals surface area (Å²) in [6, 6.07) is 0. The monoisotopic (exact) mass is 499 g/mol. The van der Waals surface area contributed by atoms with Crippen molar-refractivity contribution in [3.63, 3.8) is 0 Å². The van der Waals surface area contributed by atoms with Crippen LogP contribution in [0.5, 0.6) is 0 Å². The minimum Gasteiger partial charge on any atom is -0.393 e. The lowest BCUT2D eigenvalue weighted by atomic mass is 9.43. The van der Waals surface area contributed by atoms with Gasteiger partial charge in [0.15, 0.2) is 0 Å². The molecule has 4 fully saturated rings. The molecule has 0 heterocycles. The lowest BCUT2D eigenvalue weighted by Crippen LogP contribution is -2.58. The molecule has 4 unspecified atom stereocenters. The first-order valence-electron chi connectivity index (χ1n) is 13.4. The Hall–Kier alpha value is -0.700. The summed E-state index contributed by atoms with van der Waals surface area (Å²) in [7, 11) is -4.06. The number of carbonyl (C=O) groups excluding carboxylic acids is 1. The molecule has 4 N–H and O–H groups in total. The summed E-state index contributed by atoms with van der Waals surface area (Å²) in [5, 5.41) is 24.2. The van der Waals surface area contributed by atoms with E-state index in [1.54, 1.807) is 0 Å². The summed E-state index contributed by atoms with van der Waals surface area (Å²) in [5.74, 6) is 2.10. The fourth-order valence-corrected chi connectivity index (χ4v) is 9.50. The van der Waals surface area contributed by atoms with Gasteiger partial charge in [-0.15, -0.1) is 0 Å². The van der Waals surface area contributed by atoms with E-state index in [-0.39, 0.29) is 35.5 Å². The highest BCUT2D eigenvalue weighted by Gasteiger charge is 2.62. The molecule has 0 saturated heterocycles. The van der Waals surface area contributed by atoms with E-state index in [1.165, 1.54) is 6.42 Å². The molecule has 4 saturated carbocycles. The van der Waals surface area contributed by atoms with Crippen molar-refractivity contribution in [1.29, 1.82) is 0 Å². The van der Waals surface area contributed by atoms with E-state index < -0.39 is 15.9 Å². The van der Waals surface area contributed by atoms with Crippen LogP contribution < -0.4 is 5.32 Å². The first-order chi connectivity index (χ1) is 15.8. The molecule has 0 aromatic rings. The van der Waals surface area contributed by atoms with E-state index in [1.807, 2.05) is 0 Å². The molecule has 7 nitrogen and oxygen atoms in total. The topological polar surface area (TPSA) is 124 Å². The Labute approximate surface area is 205 Å². The smallest absolute Gasteiger partial charge is 0.266 e. The van der Waals surface area contributed by atoms with Gasteiger partial charge in [0.05, 0.1) is 18.0 Å². The van der Waals surface area contributed by atoms with Crippen molar-refractivity contribution in [3.8, 4) is 0 Å². The number of hydrogen-bond acceptors (Lipinski definition) is 5. The van der Waals surface area contributed by atoms with Crippen LogP contribution in [0.15, 0.2) is 0 Å². The number of carbonyl (C=O) groups is 1. The van der Waals surface area contributed by atoms with E-state index in [0.29, 0.717) is 41.9 Å². The lowest BCUT2D eigenvalue weighted by Gasteiger charge is -2.62. The molecule has 8 heteroatoms. The molecule has 4 aliphatic rings. The molecule has 0 aliphatic heterocycles. The number of nitrogens with one attached hydrogen (secondary N) is 1. The van der Waals surface area contributed by atoms with Crippen molar-refractivity contribution in [1.82, 2.24) is 5.32 Å². The predicted molar refractivity (Wildman–Crippen MR) is 130 cm³/mol. The molecule has 0 aromatic carbocycles. The molecule has 0 aromatic heterocycles. The summed E-state index contributed by atoms with van der Waals surface area (Å²) < 4.78 is 30.5. The van der Waals surface area contributed by atoms with Crippen molar-refractivity contribution in [2.75, 3.05) is 12.3 Å². The van der Waals surface area contributed by atoms with E-state index >= 15 is 0 Å². The average Bonchev–Trinajstić information content (AvgIpc) is 3.09. The summed E-state index contributed by atoms with van der Waals surface area (Å²) in [5.41, 5.74) is 0.411. The van der Waals surface area contributed by atoms with Crippen molar-refractivity contribution in [3.05, 3.63) is 0 Å². The van der Waals surface area contributed by atoms with Crippen molar-refractivity contribution >= 4 is 16.0 Å². The Morgan fingerprint density at radius 1 is 1.03 bits per heavy atom. The largest absolute Gasteiger partial charge is 0.393 e. The second-order valence-corrected chi connectivity index (χ2v) is 14.2. The summed E-state index contributed by atoms with van der Waals surface area (Å²) >= 11 is 0. The van der Waals surface area contributed by atoms with Gasteiger partial charge in [-0.25, -0.2) is 0 Å². The van der Waals surface area contributed by atoms with Crippen LogP contribution in [0.2, 0.25) is 0 Å². The molecule has 4 aliphatic carbocycles. The zero-order chi connectivity index (χ0) is 24.9. The van der Waals surface area contributed by atoms with Crippen molar-refractivity contribution in [2.24, 2.45) is 46.3 Å². The SMILES string of the molecule is C[C@H](CCC(=O)NCCS(=O)(=O)O)C1CCC2C3C(CC[C@@]21C)[C@@]1(C)CC[C@@H](O)C[C@H]1C[C@H]3O.